The summed E-state index contributed by atoms with van der Waals surface area (Å²) >= 11 is 0. The van der Waals surface area contributed by atoms with E-state index in [2.05, 4.69) is 4.42 Å². The maximum Gasteiger partial charge on any atom is 0.346 e. The van der Waals surface area contributed by atoms with Gasteiger partial charge in [-0.05, 0) is 57.9 Å². The Hall–Kier alpha value is -3.54. The summed E-state index contributed by atoms with van der Waals surface area (Å²) in [5.41, 5.74) is -1.97. The van der Waals surface area contributed by atoms with Gasteiger partial charge in [-0.1, -0.05) is 0 Å². The number of hydrogen-bond donors (Lipinski definition) is 0. The van der Waals surface area contributed by atoms with E-state index in [1.807, 2.05) is 12.1 Å². The Bertz CT molecular complexity index is 1460. The average molecular weight is 331 g/mol. The van der Waals surface area contributed by atoms with E-state index in [0.29, 0.717) is 10.8 Å². The van der Waals surface area contributed by atoms with Crippen LogP contribution in [0.25, 0.3) is 43.1 Å². The highest BCUT2D eigenvalue weighted by atomic mass is 16.4. The zero-order valence-corrected chi connectivity index (χ0v) is 13.0. The van der Waals surface area contributed by atoms with Gasteiger partial charge in [-0.15, -0.1) is 0 Å². The molecule has 0 radical (unpaired) electrons. The number of furan rings is 1. The first-order valence-corrected chi connectivity index (χ1v) is 7.58. The first kappa shape index (κ1) is 13.9. The van der Waals surface area contributed by atoms with Crippen molar-refractivity contribution in [3.05, 3.63) is 77.9 Å². The Morgan fingerprint density at radius 2 is 0.960 bits per heavy atom. The summed E-state index contributed by atoms with van der Waals surface area (Å²) in [4.78, 5) is 47.7. The lowest BCUT2D eigenvalue weighted by molar-refractivity contribution is 0.500. The molecule has 0 N–H and O–H groups in total. The largest absolute Gasteiger partial charge is 0.386 e. The van der Waals surface area contributed by atoms with Crippen LogP contribution in [0.3, 0.4) is 0 Å². The van der Waals surface area contributed by atoms with E-state index in [1.54, 1.807) is 24.3 Å². The summed E-state index contributed by atoms with van der Waals surface area (Å²) in [5, 5.41) is 4.28. The average Bonchev–Trinajstić information content (AvgIpc) is 2.98. The van der Waals surface area contributed by atoms with Crippen molar-refractivity contribution in [3.8, 4) is 0 Å². The van der Waals surface area contributed by atoms with Crippen LogP contribution in [-0.4, -0.2) is 4.57 Å². The molecule has 0 saturated carbocycles. The van der Waals surface area contributed by atoms with Crippen LogP contribution in [0.1, 0.15) is 0 Å². The summed E-state index contributed by atoms with van der Waals surface area (Å²) in [7, 11) is 1.45. The molecule has 0 fully saturated rings. The molecule has 0 aliphatic carbocycles. The SMILES string of the molecule is Cn1c(=O)c2cc3cc4cc5c(=O)oc(=O)c5cc4cc3cc2c1=O. The summed E-state index contributed by atoms with van der Waals surface area (Å²) in [6, 6.07) is 10.3. The Kier molecular flexibility index (Phi) is 2.38. The van der Waals surface area contributed by atoms with Crippen LogP contribution in [0.4, 0.5) is 0 Å². The van der Waals surface area contributed by atoms with Crippen molar-refractivity contribution in [2.75, 3.05) is 0 Å². The molecule has 0 unspecified atom stereocenters. The predicted molar refractivity (Wildman–Crippen MR) is 95.2 cm³/mol. The van der Waals surface area contributed by atoms with Gasteiger partial charge in [0.1, 0.15) is 0 Å². The van der Waals surface area contributed by atoms with Crippen LogP contribution in [0.15, 0.2) is 60.0 Å². The van der Waals surface area contributed by atoms with E-state index in [9.17, 15) is 19.2 Å². The van der Waals surface area contributed by atoms with Gasteiger partial charge in [0, 0.05) is 7.05 Å². The predicted octanol–water partition coefficient (Wildman–Crippen LogP) is 1.55. The van der Waals surface area contributed by atoms with Crippen molar-refractivity contribution in [1.82, 2.24) is 4.57 Å². The summed E-state index contributed by atoms with van der Waals surface area (Å²) in [6.07, 6.45) is 0. The Morgan fingerprint density at radius 3 is 1.36 bits per heavy atom. The number of aromatic nitrogens is 1. The number of rotatable bonds is 0. The third-order valence-electron chi connectivity index (χ3n) is 4.76. The molecule has 2 aromatic heterocycles. The van der Waals surface area contributed by atoms with Crippen molar-refractivity contribution >= 4 is 43.1 Å². The minimum Gasteiger partial charge on any atom is -0.386 e. The lowest BCUT2D eigenvalue weighted by Crippen LogP contribution is -2.20. The van der Waals surface area contributed by atoms with Crippen molar-refractivity contribution in [2.24, 2.45) is 7.05 Å². The molecule has 0 atom stereocenters. The second kappa shape index (κ2) is 4.30. The van der Waals surface area contributed by atoms with E-state index in [-0.39, 0.29) is 21.9 Å². The lowest BCUT2D eigenvalue weighted by Gasteiger charge is -2.02. The molecule has 25 heavy (non-hydrogen) atoms. The normalized spacial score (nSPS) is 12.0. The first-order valence-electron chi connectivity index (χ1n) is 7.58. The van der Waals surface area contributed by atoms with Crippen LogP contribution >= 0.6 is 0 Å². The molecule has 6 nitrogen and oxygen atoms in total. The molecule has 2 heterocycles. The number of hydrogen-bond acceptors (Lipinski definition) is 5. The Labute approximate surface area is 137 Å². The van der Waals surface area contributed by atoms with Gasteiger partial charge in [-0.3, -0.25) is 14.2 Å². The smallest absolute Gasteiger partial charge is 0.346 e. The second-order valence-corrected chi connectivity index (χ2v) is 6.19. The van der Waals surface area contributed by atoms with Gasteiger partial charge in [0.15, 0.2) is 0 Å². The topological polar surface area (TPSA) is 86.3 Å². The maximum atomic E-state index is 12.2. The fourth-order valence-electron chi connectivity index (χ4n) is 3.44. The quantitative estimate of drug-likeness (QED) is 0.402. The van der Waals surface area contributed by atoms with E-state index in [4.69, 9.17) is 0 Å². The highest BCUT2D eigenvalue weighted by Crippen LogP contribution is 2.27. The van der Waals surface area contributed by atoms with E-state index in [1.165, 1.54) is 7.05 Å². The minimum absolute atomic E-state index is 0.240. The highest BCUT2D eigenvalue weighted by molar-refractivity contribution is 6.07. The molecule has 0 aliphatic heterocycles. The summed E-state index contributed by atoms with van der Waals surface area (Å²) in [6.45, 7) is 0. The van der Waals surface area contributed by atoms with Crippen molar-refractivity contribution in [1.29, 1.82) is 0 Å². The molecule has 0 spiro atoms. The zero-order valence-electron chi connectivity index (χ0n) is 13.0. The second-order valence-electron chi connectivity index (χ2n) is 6.19. The van der Waals surface area contributed by atoms with Gasteiger partial charge in [0.25, 0.3) is 11.1 Å². The Morgan fingerprint density at radius 1 is 0.600 bits per heavy atom. The molecule has 5 aromatic rings. The zero-order chi connectivity index (χ0) is 17.5. The standard InChI is InChI=1S/C19H9NO5/c1-20-16(21)12-4-8-2-10-6-14-15(19(24)25-18(14)23)7-11(10)3-9(8)5-13(12)17(20)22/h2-7H,1H3. The summed E-state index contributed by atoms with van der Waals surface area (Å²) in [5.74, 6) is 0. The number of benzene rings is 3. The molecule has 6 heteroatoms. The van der Waals surface area contributed by atoms with Crippen LogP contribution in [0.2, 0.25) is 0 Å². The van der Waals surface area contributed by atoms with Crippen molar-refractivity contribution in [3.63, 3.8) is 0 Å². The van der Waals surface area contributed by atoms with Gasteiger partial charge in [-0.25, -0.2) is 9.59 Å². The monoisotopic (exact) mass is 331 g/mol. The van der Waals surface area contributed by atoms with Crippen molar-refractivity contribution in [2.45, 2.75) is 0 Å². The third kappa shape index (κ3) is 1.68. The molecule has 120 valence electrons. The van der Waals surface area contributed by atoms with Gasteiger partial charge in [0.2, 0.25) is 0 Å². The maximum absolute atomic E-state index is 12.2. The molecule has 0 bridgehead atoms. The molecule has 5 rings (SSSR count). The fourth-order valence-corrected chi connectivity index (χ4v) is 3.44. The van der Waals surface area contributed by atoms with Gasteiger partial charge in [0.05, 0.1) is 21.5 Å². The molecule has 0 amide bonds. The van der Waals surface area contributed by atoms with E-state index < -0.39 is 11.3 Å². The third-order valence-corrected chi connectivity index (χ3v) is 4.76. The van der Waals surface area contributed by atoms with E-state index in [0.717, 1.165) is 26.1 Å². The Balaban J connectivity index is 2.00. The van der Waals surface area contributed by atoms with Crippen LogP contribution in [0, 0.1) is 0 Å². The van der Waals surface area contributed by atoms with Crippen LogP contribution in [0.5, 0.6) is 0 Å². The number of nitrogens with zero attached hydrogens (tertiary/aromatic N) is 1. The minimum atomic E-state index is -0.654. The van der Waals surface area contributed by atoms with Crippen LogP contribution in [-0.2, 0) is 7.05 Å². The van der Waals surface area contributed by atoms with Gasteiger partial charge in [-0.2, -0.15) is 0 Å². The summed E-state index contributed by atoms with van der Waals surface area (Å²) < 4.78 is 5.72. The molecule has 3 aromatic carbocycles. The fraction of sp³-hybridized carbons (Fsp3) is 0.0526. The first-order chi connectivity index (χ1) is 11.9. The number of fused-ring (bicyclic) bond motifs is 4. The molecule has 0 saturated heterocycles. The van der Waals surface area contributed by atoms with Crippen LogP contribution < -0.4 is 22.4 Å². The highest BCUT2D eigenvalue weighted by Gasteiger charge is 2.13. The molecular formula is C19H9NO5. The van der Waals surface area contributed by atoms with Gasteiger partial charge >= 0.3 is 11.3 Å². The van der Waals surface area contributed by atoms with Crippen molar-refractivity contribution < 1.29 is 4.42 Å². The molecular weight excluding hydrogens is 322 g/mol. The lowest BCUT2D eigenvalue weighted by atomic mass is 10.00. The van der Waals surface area contributed by atoms with E-state index >= 15 is 0 Å². The van der Waals surface area contributed by atoms with Gasteiger partial charge < -0.3 is 4.42 Å². The molecule has 0 aliphatic rings.